The molecule has 0 aliphatic rings. The van der Waals surface area contributed by atoms with Crippen LogP contribution in [0, 0.1) is 5.92 Å². The fourth-order valence-corrected chi connectivity index (χ4v) is 0.577. The molecule has 0 amide bonds. The van der Waals surface area contributed by atoms with E-state index in [-0.39, 0.29) is 1.43 Å². The monoisotopic (exact) mass is 89.1 g/mol. The highest BCUT2D eigenvalue weighted by Crippen LogP contribution is 2.00. The zero-order chi connectivity index (χ0) is 4.99. The second-order valence-electron chi connectivity index (χ2n) is 2.18. The van der Waals surface area contributed by atoms with Gasteiger partial charge in [0.2, 0.25) is 0 Å². The van der Waals surface area contributed by atoms with Crippen molar-refractivity contribution in [3.63, 3.8) is 0 Å². The molecule has 0 unspecified atom stereocenters. The van der Waals surface area contributed by atoms with E-state index in [4.69, 9.17) is 0 Å². The first-order chi connectivity index (χ1) is 2.77. The Kier molecular flexibility index (Phi) is 3.20. The molecule has 0 radical (unpaired) electrons. The highest BCUT2D eigenvalue weighted by atomic mass is 13.9. The predicted octanol–water partition coefficient (Wildman–Crippen LogP) is 2.69. The van der Waals surface area contributed by atoms with E-state index in [9.17, 15) is 0 Å². The zero-order valence-electron chi connectivity index (χ0n) is 4.99. The fourth-order valence-electron chi connectivity index (χ4n) is 0.577. The van der Waals surface area contributed by atoms with E-state index >= 15 is 0 Å². The summed E-state index contributed by atoms with van der Waals surface area (Å²) < 4.78 is 0. The summed E-state index contributed by atoms with van der Waals surface area (Å²) in [5.74, 6) is 0.898. The van der Waals surface area contributed by atoms with E-state index in [0.717, 1.165) is 5.92 Å². The minimum Gasteiger partial charge on any atom is -0.0654 e. The van der Waals surface area contributed by atoms with Crippen LogP contribution in [-0.2, 0) is 0 Å². The zero-order valence-corrected chi connectivity index (χ0v) is 4.99. The minimum atomic E-state index is 0. The maximum absolute atomic E-state index is 2.25. The van der Waals surface area contributed by atoms with E-state index in [0.29, 0.717) is 0 Å². The third-order valence-corrected chi connectivity index (χ3v) is 0.866. The molecule has 0 heterocycles. The fraction of sp³-hybridized carbons (Fsp3) is 1.00. The first kappa shape index (κ1) is 6.00. The molecule has 0 heteroatoms. The highest BCUT2D eigenvalue weighted by Gasteiger charge is 1.85. The molecule has 40 valence electrons. The van der Waals surface area contributed by atoms with Crippen LogP contribution in [0.5, 0.6) is 0 Å². The molecule has 0 fully saturated rings. The lowest BCUT2D eigenvalue weighted by Crippen LogP contribution is -1.81. The van der Waals surface area contributed by atoms with Gasteiger partial charge in [0, 0.05) is 1.43 Å². The van der Waals surface area contributed by atoms with Crippen molar-refractivity contribution in [2.75, 3.05) is 0 Å². The lowest BCUT2D eigenvalue weighted by Gasteiger charge is -1.95. The standard InChI is InChI=1S/C6H14.H2/c1-4-5-6(2)3;/h6H,4-5H2,1-3H3;1H/i;1+1. The molecule has 0 aromatic rings. The van der Waals surface area contributed by atoms with Crippen LogP contribution in [0.25, 0.3) is 0 Å². The Labute approximate surface area is 42.0 Å². The Morgan fingerprint density at radius 1 is 1.50 bits per heavy atom. The molecule has 0 aromatic carbocycles. The van der Waals surface area contributed by atoms with Crippen molar-refractivity contribution in [3.8, 4) is 0 Å². The Morgan fingerprint density at radius 2 is 2.00 bits per heavy atom. The quantitative estimate of drug-likeness (QED) is 0.488. The van der Waals surface area contributed by atoms with Crippen LogP contribution >= 0.6 is 0 Å². The van der Waals surface area contributed by atoms with E-state index in [1.165, 1.54) is 12.8 Å². The molecule has 0 N–H and O–H groups in total. The summed E-state index contributed by atoms with van der Waals surface area (Å²) in [6.45, 7) is 6.73. The van der Waals surface area contributed by atoms with Gasteiger partial charge in [0.05, 0.1) is 0 Å². The normalized spacial score (nSPS) is 10.0. The van der Waals surface area contributed by atoms with E-state index in [2.05, 4.69) is 20.8 Å². The highest BCUT2D eigenvalue weighted by molar-refractivity contribution is 4.38. The third kappa shape index (κ3) is 4.00. The van der Waals surface area contributed by atoms with Gasteiger partial charge in [0.25, 0.3) is 0 Å². The van der Waals surface area contributed by atoms with Gasteiger partial charge in [-0.25, -0.2) is 0 Å². The van der Waals surface area contributed by atoms with E-state index in [1.807, 2.05) is 0 Å². The number of rotatable bonds is 2. The lowest BCUT2D eigenvalue weighted by atomic mass is 10.1. The molecular formula is C6H16. The summed E-state index contributed by atoms with van der Waals surface area (Å²) in [4.78, 5) is 0. The Balaban J connectivity index is 0. The van der Waals surface area contributed by atoms with Gasteiger partial charge >= 0.3 is 0 Å². The molecule has 6 heavy (non-hydrogen) atoms. The van der Waals surface area contributed by atoms with Crippen molar-refractivity contribution in [2.24, 2.45) is 5.92 Å². The van der Waals surface area contributed by atoms with Crippen molar-refractivity contribution in [1.82, 2.24) is 0 Å². The molecule has 0 saturated heterocycles. The summed E-state index contributed by atoms with van der Waals surface area (Å²) in [6, 6.07) is 0. The van der Waals surface area contributed by atoms with Gasteiger partial charge in [-0.1, -0.05) is 33.6 Å². The van der Waals surface area contributed by atoms with Crippen LogP contribution in [0.1, 0.15) is 35.0 Å². The second kappa shape index (κ2) is 3.20. The molecule has 0 atom stereocenters. The molecule has 0 aliphatic carbocycles. The average Bonchev–Trinajstić information content (AvgIpc) is 1.35. The summed E-state index contributed by atoms with van der Waals surface area (Å²) in [5.41, 5.74) is 0. The molecule has 0 rings (SSSR count). The maximum atomic E-state index is 2.25. The Hall–Kier alpha value is 0. The summed E-state index contributed by atoms with van der Waals surface area (Å²) in [7, 11) is 0. The van der Waals surface area contributed by atoms with Crippen LogP contribution < -0.4 is 0 Å². The SMILES string of the molecule is CCCC(C)C.[2HH]. The van der Waals surface area contributed by atoms with Gasteiger partial charge in [-0.3, -0.25) is 0 Å². The Morgan fingerprint density at radius 3 is 2.00 bits per heavy atom. The molecular weight excluding hydrogens is 72.1 g/mol. The van der Waals surface area contributed by atoms with Crippen molar-refractivity contribution >= 4 is 0 Å². The molecule has 0 aromatic heterocycles. The van der Waals surface area contributed by atoms with Crippen molar-refractivity contribution in [2.45, 2.75) is 33.6 Å². The van der Waals surface area contributed by atoms with E-state index < -0.39 is 0 Å². The molecule has 0 saturated carbocycles. The predicted molar refractivity (Wildman–Crippen MR) is 31.9 cm³/mol. The largest absolute Gasteiger partial charge is 0.0654 e. The van der Waals surface area contributed by atoms with Crippen LogP contribution in [0.2, 0.25) is 0 Å². The van der Waals surface area contributed by atoms with Gasteiger partial charge in [-0.15, -0.1) is 0 Å². The van der Waals surface area contributed by atoms with Crippen LogP contribution in [0.15, 0.2) is 0 Å². The molecule has 0 bridgehead atoms. The number of hydrogen-bond acceptors (Lipinski definition) is 0. The first-order valence-corrected chi connectivity index (χ1v) is 2.77. The van der Waals surface area contributed by atoms with Gasteiger partial charge in [-0.2, -0.15) is 0 Å². The topological polar surface area (TPSA) is 0 Å². The summed E-state index contributed by atoms with van der Waals surface area (Å²) in [6.07, 6.45) is 2.71. The minimum absolute atomic E-state index is 0. The first-order valence-electron chi connectivity index (χ1n) is 2.77. The second-order valence-corrected chi connectivity index (χ2v) is 2.18. The van der Waals surface area contributed by atoms with Crippen LogP contribution in [-0.4, -0.2) is 0 Å². The van der Waals surface area contributed by atoms with Crippen LogP contribution in [0.4, 0.5) is 0 Å². The summed E-state index contributed by atoms with van der Waals surface area (Å²) >= 11 is 0. The number of hydrogen-bond donors (Lipinski definition) is 0. The van der Waals surface area contributed by atoms with Gasteiger partial charge in [0.1, 0.15) is 0 Å². The van der Waals surface area contributed by atoms with Gasteiger partial charge < -0.3 is 0 Å². The molecule has 0 spiro atoms. The Bertz CT molecular complexity index is 25.4. The van der Waals surface area contributed by atoms with E-state index in [1.54, 1.807) is 0 Å². The maximum Gasteiger partial charge on any atom is 0 e. The van der Waals surface area contributed by atoms with Gasteiger partial charge in [0.15, 0.2) is 0 Å². The van der Waals surface area contributed by atoms with Crippen molar-refractivity contribution in [3.05, 3.63) is 0 Å². The molecule has 0 nitrogen and oxygen atoms in total. The van der Waals surface area contributed by atoms with Crippen molar-refractivity contribution < 1.29 is 1.43 Å². The van der Waals surface area contributed by atoms with Crippen LogP contribution in [0.3, 0.4) is 0 Å². The van der Waals surface area contributed by atoms with Crippen molar-refractivity contribution in [1.29, 1.82) is 0 Å². The smallest absolute Gasteiger partial charge is 0 e. The average molecular weight is 89.2 g/mol. The van der Waals surface area contributed by atoms with Gasteiger partial charge in [-0.05, 0) is 5.92 Å². The summed E-state index contributed by atoms with van der Waals surface area (Å²) in [5, 5.41) is 0. The molecule has 0 aliphatic heterocycles. The lowest BCUT2D eigenvalue weighted by molar-refractivity contribution is 0.576. The third-order valence-electron chi connectivity index (χ3n) is 0.866.